The van der Waals surface area contributed by atoms with Crippen LogP contribution in [0, 0.1) is 5.39 Å². The van der Waals surface area contributed by atoms with Gasteiger partial charge in [-0.25, -0.2) is 0 Å². The molecule has 1 aromatic heterocycles. The van der Waals surface area contributed by atoms with Crippen molar-refractivity contribution in [2.24, 2.45) is 0 Å². The smallest absolute Gasteiger partial charge is 0.311 e. The van der Waals surface area contributed by atoms with Crippen molar-refractivity contribution in [3.05, 3.63) is 62.7 Å². The third-order valence-corrected chi connectivity index (χ3v) is 2.86. The van der Waals surface area contributed by atoms with E-state index in [9.17, 15) is 4.79 Å². The maximum absolute atomic E-state index is 11.6. The maximum Gasteiger partial charge on any atom is 0.311 e. The van der Waals surface area contributed by atoms with Crippen LogP contribution in [0.1, 0.15) is 5.76 Å². The van der Waals surface area contributed by atoms with Gasteiger partial charge in [-0.1, -0.05) is 11.6 Å². The van der Waals surface area contributed by atoms with E-state index in [4.69, 9.17) is 26.1 Å². The Labute approximate surface area is 119 Å². The molecule has 0 unspecified atom stereocenters. The molecule has 1 aromatic carbocycles. The molecule has 0 spiro atoms. The first kappa shape index (κ1) is 13.9. The Hall–Kier alpha value is -2.52. The van der Waals surface area contributed by atoms with E-state index in [0.29, 0.717) is 16.5 Å². The average Bonchev–Trinajstić information content (AvgIpc) is 2.46. The molecule has 20 heavy (non-hydrogen) atoms. The Morgan fingerprint density at radius 1 is 1.40 bits per heavy atom. The second-order valence-electron chi connectivity index (χ2n) is 3.90. The van der Waals surface area contributed by atoms with Gasteiger partial charge in [-0.3, -0.25) is 4.79 Å². The number of methoxy groups -OCH3 is 1. The number of ether oxygens (including phenoxy) is 1. The summed E-state index contributed by atoms with van der Waals surface area (Å²) < 4.78 is 10.1. The van der Waals surface area contributed by atoms with E-state index in [0.717, 1.165) is 0 Å². The molecule has 2 aromatic rings. The quantitative estimate of drug-likeness (QED) is 0.640. The van der Waals surface area contributed by atoms with Gasteiger partial charge in [0, 0.05) is 16.1 Å². The summed E-state index contributed by atoms with van der Waals surface area (Å²) in [5.74, 6) is 0.455. The Morgan fingerprint density at radius 3 is 2.65 bits per heavy atom. The normalized spacial score (nSPS) is 9.85. The fraction of sp³-hybridized carbons (Fsp3) is 0.154. The fourth-order valence-electron chi connectivity index (χ4n) is 1.61. The lowest BCUT2D eigenvalue weighted by Crippen LogP contribution is -2.15. The van der Waals surface area contributed by atoms with E-state index >= 15 is 0 Å². The van der Waals surface area contributed by atoms with Crippen LogP contribution in [0.2, 0.25) is 5.02 Å². The fourth-order valence-corrected chi connectivity index (χ4v) is 1.73. The van der Waals surface area contributed by atoms with Gasteiger partial charge in [-0.2, -0.15) is 0 Å². The Bertz CT molecular complexity index is 691. The number of hydrogen-bond donors (Lipinski definition) is 0. The van der Waals surface area contributed by atoms with E-state index in [-0.39, 0.29) is 17.7 Å². The zero-order chi connectivity index (χ0) is 14.5. The van der Waals surface area contributed by atoms with Crippen LogP contribution in [0.3, 0.4) is 0 Å². The highest BCUT2D eigenvalue weighted by Crippen LogP contribution is 2.20. The van der Waals surface area contributed by atoms with Crippen molar-refractivity contribution in [3.63, 3.8) is 0 Å². The largest absolute Gasteiger partial charge is 0.490 e. The van der Waals surface area contributed by atoms with Crippen molar-refractivity contribution in [2.45, 2.75) is 6.54 Å². The van der Waals surface area contributed by atoms with Crippen LogP contribution in [-0.2, 0) is 6.54 Å². The van der Waals surface area contributed by atoms with Crippen LogP contribution < -0.4 is 15.2 Å². The monoisotopic (exact) mass is 292 g/mol. The molecular weight excluding hydrogens is 282 g/mol. The number of benzene rings is 1. The molecule has 0 atom stereocenters. The number of rotatable bonds is 4. The van der Waals surface area contributed by atoms with Crippen molar-refractivity contribution in [2.75, 3.05) is 12.1 Å². The maximum atomic E-state index is 11.6. The van der Waals surface area contributed by atoms with Gasteiger partial charge in [0.1, 0.15) is 17.7 Å². The number of hydrogen-bond acceptors (Lipinski definition) is 5. The van der Waals surface area contributed by atoms with Crippen molar-refractivity contribution in [3.8, 4) is 5.75 Å². The van der Waals surface area contributed by atoms with Gasteiger partial charge in [0.25, 0.3) is 5.39 Å². The topological polar surface area (TPSA) is 70.8 Å². The SMILES string of the molecule is COc1coc(CN([N+]#N)c2ccc(Cl)cc2)cc1=O. The minimum Gasteiger partial charge on any atom is -0.490 e. The molecule has 0 N–H and O–H groups in total. The summed E-state index contributed by atoms with van der Waals surface area (Å²) in [4.78, 5) is 11.6. The first-order chi connectivity index (χ1) is 9.63. The summed E-state index contributed by atoms with van der Waals surface area (Å²) in [6, 6.07) is 7.98. The van der Waals surface area contributed by atoms with Gasteiger partial charge in [-0.05, 0) is 24.3 Å². The van der Waals surface area contributed by atoms with Crippen molar-refractivity contribution >= 4 is 17.3 Å². The molecule has 0 saturated heterocycles. The molecule has 102 valence electrons. The van der Waals surface area contributed by atoms with Crippen molar-refractivity contribution in [1.82, 2.24) is 0 Å². The van der Waals surface area contributed by atoms with Crippen LogP contribution in [0.4, 0.5) is 5.69 Å². The highest BCUT2D eigenvalue weighted by Gasteiger charge is 2.19. The minimum atomic E-state index is -0.303. The van der Waals surface area contributed by atoms with E-state index < -0.39 is 0 Å². The summed E-state index contributed by atoms with van der Waals surface area (Å²) in [6.45, 7) is 0.0946. The van der Waals surface area contributed by atoms with E-state index in [1.807, 2.05) is 0 Å². The molecule has 0 radical (unpaired) electrons. The Balaban J connectivity index is 2.23. The van der Waals surface area contributed by atoms with E-state index in [1.54, 1.807) is 24.3 Å². The standard InChI is InChI=1S/C13H11ClN3O3/c1-19-13-8-20-11(6-12(13)18)7-17(16-15)10-4-2-9(14)3-5-10/h2-6,8H,7H2,1H3/q+1. The summed E-state index contributed by atoms with van der Waals surface area (Å²) in [5, 5.41) is 14.0. The van der Waals surface area contributed by atoms with Gasteiger partial charge in [0.05, 0.1) is 7.11 Å². The third-order valence-electron chi connectivity index (χ3n) is 2.61. The van der Waals surface area contributed by atoms with Gasteiger partial charge < -0.3 is 9.15 Å². The van der Waals surface area contributed by atoms with Crippen LogP contribution in [0.25, 0.3) is 5.08 Å². The van der Waals surface area contributed by atoms with Crippen LogP contribution in [0.5, 0.6) is 5.75 Å². The Kier molecular flexibility index (Phi) is 4.23. The van der Waals surface area contributed by atoms with Gasteiger partial charge in [0.15, 0.2) is 6.54 Å². The molecule has 1 heterocycles. The molecule has 0 aliphatic carbocycles. The van der Waals surface area contributed by atoms with E-state index in [1.165, 1.54) is 24.4 Å². The lowest BCUT2D eigenvalue weighted by molar-refractivity contribution is 0.378. The zero-order valence-corrected chi connectivity index (χ0v) is 11.4. The van der Waals surface area contributed by atoms with Crippen LogP contribution in [0.15, 0.2) is 45.8 Å². The lowest BCUT2D eigenvalue weighted by Gasteiger charge is -2.05. The minimum absolute atomic E-state index is 0.0946. The molecule has 0 saturated carbocycles. The molecular formula is C13H11ClN3O3+. The Morgan fingerprint density at radius 2 is 2.10 bits per heavy atom. The third kappa shape index (κ3) is 3.08. The summed E-state index contributed by atoms with van der Waals surface area (Å²) in [6.07, 6.45) is 1.22. The number of anilines is 1. The van der Waals surface area contributed by atoms with Gasteiger partial charge in [-0.15, -0.1) is 0 Å². The van der Waals surface area contributed by atoms with Crippen molar-refractivity contribution in [1.29, 1.82) is 5.39 Å². The summed E-state index contributed by atoms with van der Waals surface area (Å²) >= 11 is 5.79. The molecule has 2 rings (SSSR count). The number of halogens is 1. The lowest BCUT2D eigenvalue weighted by atomic mass is 10.3. The summed E-state index contributed by atoms with van der Waals surface area (Å²) in [5.41, 5.74) is 0.304. The summed E-state index contributed by atoms with van der Waals surface area (Å²) in [7, 11) is 1.38. The molecule has 0 bridgehead atoms. The molecule has 6 nitrogen and oxygen atoms in total. The highest BCUT2D eigenvalue weighted by atomic mass is 35.5. The van der Waals surface area contributed by atoms with Crippen LogP contribution in [-0.4, -0.2) is 7.11 Å². The molecule has 0 fully saturated rings. The number of diazo groups is 1. The second-order valence-corrected chi connectivity index (χ2v) is 4.34. The van der Waals surface area contributed by atoms with E-state index in [2.05, 4.69) is 5.08 Å². The molecule has 0 aliphatic heterocycles. The first-order valence-corrected chi connectivity index (χ1v) is 6.05. The first-order valence-electron chi connectivity index (χ1n) is 5.68. The highest BCUT2D eigenvalue weighted by molar-refractivity contribution is 6.30. The predicted octanol–water partition coefficient (Wildman–Crippen LogP) is 3.08. The molecule has 0 amide bonds. The average molecular weight is 293 g/mol. The zero-order valence-electron chi connectivity index (χ0n) is 10.6. The number of nitrogens with zero attached hydrogens (tertiary/aromatic N) is 3. The second kappa shape index (κ2) is 6.08. The van der Waals surface area contributed by atoms with Crippen LogP contribution >= 0.6 is 11.6 Å². The van der Waals surface area contributed by atoms with Crippen molar-refractivity contribution < 1.29 is 9.15 Å². The van der Waals surface area contributed by atoms with Gasteiger partial charge >= 0.3 is 5.08 Å². The predicted molar refractivity (Wildman–Crippen MR) is 74.2 cm³/mol. The molecule has 7 heteroatoms. The van der Waals surface area contributed by atoms with Gasteiger partial charge in [0.2, 0.25) is 11.2 Å². The molecule has 0 aliphatic rings.